The molecule has 0 aliphatic carbocycles. The predicted octanol–water partition coefficient (Wildman–Crippen LogP) is -0.259. The van der Waals surface area contributed by atoms with Gasteiger partial charge in [-0.2, -0.15) is 0 Å². The highest BCUT2D eigenvalue weighted by Crippen LogP contribution is 2.22. The lowest BCUT2D eigenvalue weighted by Gasteiger charge is -2.27. The van der Waals surface area contributed by atoms with E-state index < -0.39 is 190 Å². The molecule has 26 heteroatoms. The summed E-state index contributed by atoms with van der Waals surface area (Å²) < 4.78 is 5.51. The topological polar surface area (TPSA) is 427 Å². The van der Waals surface area contributed by atoms with Crippen LogP contribution in [0, 0.1) is 17.8 Å². The molecule has 0 aromatic heterocycles. The summed E-state index contributed by atoms with van der Waals surface area (Å²) in [5.74, 6) is -16.0. The Hall–Kier alpha value is -6.70. The maximum Gasteiger partial charge on any atom is 0.303 e. The Balaban J connectivity index is 3.12. The Morgan fingerprint density at radius 1 is 0.575 bits per heavy atom. The molecule has 0 aromatic rings. The number of carbonyl (C=O) groups excluding carboxylic acids is 9. The number of nitrogens with two attached hydrogens (primary N) is 1. The van der Waals surface area contributed by atoms with Crippen LogP contribution in [0.2, 0.25) is 0 Å². The third kappa shape index (κ3) is 26.5. The number of carboxylic acids is 5. The fourth-order valence-electron chi connectivity index (χ4n) is 7.86. The zero-order valence-corrected chi connectivity index (χ0v) is 41.6. The second-order valence-electron chi connectivity index (χ2n) is 18.3. The molecule has 0 saturated carbocycles. The van der Waals surface area contributed by atoms with Gasteiger partial charge in [0.15, 0.2) is 17.3 Å². The van der Waals surface area contributed by atoms with Crippen molar-refractivity contribution in [3.05, 3.63) is 0 Å². The minimum atomic E-state index is -1.68. The number of ketones is 4. The molecule has 0 unspecified atom stereocenters. The largest absolute Gasteiger partial charge is 0.481 e. The fourth-order valence-corrected chi connectivity index (χ4v) is 7.86. The number of carbonyl (C=O) groups is 14. The number of ether oxygens (including phenoxy) is 1. The summed E-state index contributed by atoms with van der Waals surface area (Å²) >= 11 is 0. The van der Waals surface area contributed by atoms with Crippen LogP contribution in [0.3, 0.4) is 0 Å². The van der Waals surface area contributed by atoms with Crippen LogP contribution in [0.5, 0.6) is 0 Å². The number of nitrogens with zero attached hydrogens (tertiary/aromatic N) is 1. The van der Waals surface area contributed by atoms with Crippen molar-refractivity contribution in [2.45, 2.75) is 166 Å². The molecule has 1 saturated heterocycles. The van der Waals surface area contributed by atoms with E-state index in [1.54, 1.807) is 0 Å². The summed E-state index contributed by atoms with van der Waals surface area (Å²) in [6.45, 7) is 3.29. The normalized spacial score (nSPS) is 15.6. The number of nitrogens with one attached hydrogen (secondary N) is 4. The van der Waals surface area contributed by atoms with Crippen LogP contribution >= 0.6 is 0 Å². The first-order chi connectivity index (χ1) is 34.2. The molecule has 1 aliphatic heterocycles. The number of amides is 5. The van der Waals surface area contributed by atoms with Crippen molar-refractivity contribution in [2.75, 3.05) is 26.8 Å². The van der Waals surface area contributed by atoms with Crippen molar-refractivity contribution in [2.24, 2.45) is 23.5 Å². The summed E-state index contributed by atoms with van der Waals surface area (Å²) in [6, 6.07) is -6.27. The van der Waals surface area contributed by atoms with Crippen molar-refractivity contribution >= 4 is 82.5 Å². The van der Waals surface area contributed by atoms with Gasteiger partial charge >= 0.3 is 29.8 Å². The summed E-state index contributed by atoms with van der Waals surface area (Å²) in [4.78, 5) is 177. The average Bonchev–Trinajstić information content (AvgIpc) is 3.82. The summed E-state index contributed by atoms with van der Waals surface area (Å²) in [7, 11) is 1.44. The quantitative estimate of drug-likeness (QED) is 0.0353. The molecular weight excluding hydrogens is 969 g/mol. The number of likely N-dealkylation sites (tertiary alicyclic amines) is 1. The van der Waals surface area contributed by atoms with Gasteiger partial charge in [0.05, 0.1) is 24.2 Å². The molecule has 0 spiro atoms. The Bertz CT molecular complexity index is 1990. The van der Waals surface area contributed by atoms with Gasteiger partial charge in [-0.05, 0) is 63.7 Å². The molecule has 26 nitrogen and oxygen atoms in total. The highest BCUT2D eigenvalue weighted by molar-refractivity contribution is 5.97. The van der Waals surface area contributed by atoms with E-state index in [4.69, 9.17) is 15.6 Å². The molecule has 1 heterocycles. The van der Waals surface area contributed by atoms with E-state index in [9.17, 15) is 87.5 Å². The van der Waals surface area contributed by atoms with Crippen molar-refractivity contribution < 1.29 is 97.4 Å². The molecule has 7 atom stereocenters. The smallest absolute Gasteiger partial charge is 0.303 e. The van der Waals surface area contributed by atoms with Crippen molar-refractivity contribution in [3.8, 4) is 0 Å². The first kappa shape index (κ1) is 64.3. The lowest BCUT2D eigenvalue weighted by Crippen LogP contribution is -2.51. The van der Waals surface area contributed by atoms with Crippen LogP contribution in [-0.4, -0.2) is 170 Å². The van der Waals surface area contributed by atoms with Gasteiger partial charge in [-0.25, -0.2) is 0 Å². The molecule has 0 bridgehead atoms. The van der Waals surface area contributed by atoms with Gasteiger partial charge in [-0.3, -0.25) is 67.1 Å². The Morgan fingerprint density at radius 3 is 1.53 bits per heavy atom. The van der Waals surface area contributed by atoms with Crippen LogP contribution < -0.4 is 27.0 Å². The van der Waals surface area contributed by atoms with Gasteiger partial charge in [0.25, 0.3) is 0 Å². The SMILES string of the molecule is CNC(=O)CCC(=O)[C@H](CC(C)C)NC(=O)[C@@H]1CCCN1C(=O)COCCCC(=O)[C@@H](CCC(=O)O)NC(=O)[C@@H](CCC(=O)O)CC(=O)[C@@H](CCC(=O)O)NC(=O)[C@@H](CCC(=O)O)CC(=O)[C@H](N)CCC(=O)O. The third-order valence-electron chi connectivity index (χ3n) is 11.9. The minimum absolute atomic E-state index is 0.0231. The number of rotatable bonds is 40. The molecule has 410 valence electrons. The first-order valence-electron chi connectivity index (χ1n) is 24.2. The van der Waals surface area contributed by atoms with Gasteiger partial charge in [-0.1, -0.05) is 13.8 Å². The monoisotopic (exact) mass is 1040 g/mol. The molecule has 1 rings (SSSR count). The fraction of sp³-hybridized carbons (Fsp3) is 0.702. The van der Waals surface area contributed by atoms with Crippen LogP contribution in [0.15, 0.2) is 0 Å². The standard InChI is InChI=1S/C47H72N6O20/c1-26(2)22-32(35(55)13-14-38(58)49-3)52-47(72)33-6-4-20-53(33)39(59)25-73-21-5-7-34(54)30(11-18-43(66)67)50-46(71)28(9-16-41(62)63)24-37(57)31(12-19-44(68)69)51-45(70)27(8-15-40(60)61)23-36(56)29(48)10-17-42(64)65/h26-33H,4-25,48H2,1-3H3,(H,49,58)(H,50,71)(H,51,70)(H,52,72)(H,60,61)(H,62,63)(H,64,65)(H,66,67)(H,68,69)/t27-,28-,29+,30+,31+,32-,33-/m0/s1. The van der Waals surface area contributed by atoms with Crippen LogP contribution in [0.1, 0.15) is 136 Å². The second kappa shape index (κ2) is 33.9. The Labute approximate surface area is 421 Å². The van der Waals surface area contributed by atoms with E-state index in [2.05, 4.69) is 21.3 Å². The van der Waals surface area contributed by atoms with E-state index >= 15 is 0 Å². The van der Waals surface area contributed by atoms with Crippen molar-refractivity contribution in [1.82, 2.24) is 26.2 Å². The Kier molecular flexibility index (Phi) is 29.8. The van der Waals surface area contributed by atoms with Crippen LogP contribution in [-0.2, 0) is 71.9 Å². The molecule has 1 fully saturated rings. The number of hydrogen-bond acceptors (Lipinski definition) is 16. The lowest BCUT2D eigenvalue weighted by molar-refractivity contribution is -0.142. The second-order valence-corrected chi connectivity index (χ2v) is 18.3. The first-order valence-corrected chi connectivity index (χ1v) is 24.2. The lowest BCUT2D eigenvalue weighted by atomic mass is 9.89. The average molecular weight is 1040 g/mol. The molecular formula is C47H72N6O20. The van der Waals surface area contributed by atoms with E-state index in [0.29, 0.717) is 19.3 Å². The van der Waals surface area contributed by atoms with Gasteiger partial charge in [0.1, 0.15) is 18.4 Å². The maximum atomic E-state index is 13.8. The zero-order valence-electron chi connectivity index (χ0n) is 41.6. The summed E-state index contributed by atoms with van der Waals surface area (Å²) in [6.07, 6.45) is -6.32. The number of hydrogen-bond donors (Lipinski definition) is 10. The van der Waals surface area contributed by atoms with Crippen LogP contribution in [0.25, 0.3) is 0 Å². The molecule has 0 radical (unpaired) electrons. The predicted molar refractivity (Wildman–Crippen MR) is 252 cm³/mol. The van der Waals surface area contributed by atoms with Gasteiger partial charge in [0, 0.05) is 96.2 Å². The highest BCUT2D eigenvalue weighted by atomic mass is 16.5. The highest BCUT2D eigenvalue weighted by Gasteiger charge is 2.37. The number of Topliss-reactive ketones (excluding diaryl/α,β-unsaturated/α-hetero) is 4. The molecule has 11 N–H and O–H groups in total. The zero-order chi connectivity index (χ0) is 55.4. The molecule has 1 aliphatic rings. The third-order valence-corrected chi connectivity index (χ3v) is 11.9. The van der Waals surface area contributed by atoms with E-state index in [0.717, 1.165) is 0 Å². The van der Waals surface area contributed by atoms with E-state index in [1.165, 1.54) is 11.9 Å². The number of aliphatic carboxylic acids is 5. The summed E-state index contributed by atoms with van der Waals surface area (Å²) in [5, 5.41) is 56.3. The Morgan fingerprint density at radius 2 is 1.04 bits per heavy atom. The number of carboxylic acid groups (broad SMARTS) is 5. The molecule has 73 heavy (non-hydrogen) atoms. The van der Waals surface area contributed by atoms with Gasteiger partial charge in [0.2, 0.25) is 29.5 Å². The van der Waals surface area contributed by atoms with Gasteiger partial charge < -0.3 is 62.2 Å². The molecule has 5 amide bonds. The molecule has 0 aromatic carbocycles. The van der Waals surface area contributed by atoms with Crippen molar-refractivity contribution in [3.63, 3.8) is 0 Å². The van der Waals surface area contributed by atoms with Crippen LogP contribution in [0.4, 0.5) is 0 Å². The summed E-state index contributed by atoms with van der Waals surface area (Å²) in [5.41, 5.74) is 5.78. The maximum absolute atomic E-state index is 13.8. The van der Waals surface area contributed by atoms with E-state index in [1.807, 2.05) is 13.8 Å². The van der Waals surface area contributed by atoms with Gasteiger partial charge in [-0.15, -0.1) is 0 Å². The van der Waals surface area contributed by atoms with E-state index in [-0.39, 0.29) is 62.9 Å². The minimum Gasteiger partial charge on any atom is -0.481 e. The van der Waals surface area contributed by atoms with Crippen molar-refractivity contribution in [1.29, 1.82) is 0 Å².